The third-order valence-corrected chi connectivity index (χ3v) is 5.36. The van der Waals surface area contributed by atoms with Gasteiger partial charge in [0.2, 0.25) is 5.91 Å². The van der Waals surface area contributed by atoms with Crippen LogP contribution in [0.4, 0.5) is 11.4 Å². The Labute approximate surface area is 178 Å². The molecule has 0 spiro atoms. The fourth-order valence-corrected chi connectivity index (χ4v) is 3.70. The van der Waals surface area contributed by atoms with E-state index in [-0.39, 0.29) is 17.2 Å². The first kappa shape index (κ1) is 21.7. The average Bonchev–Trinajstić information content (AvgIpc) is 2.73. The maximum Gasteiger partial charge on any atom is 0.259 e. The summed E-state index contributed by atoms with van der Waals surface area (Å²) in [5.41, 5.74) is 2.91. The summed E-state index contributed by atoms with van der Waals surface area (Å²) in [7, 11) is 1.57. The summed E-state index contributed by atoms with van der Waals surface area (Å²) in [5, 5.41) is 2.94. The molecule has 2 aromatic rings. The molecule has 0 radical (unpaired) electrons. The number of benzene rings is 2. The van der Waals surface area contributed by atoms with E-state index in [1.807, 2.05) is 69.0 Å². The Balaban J connectivity index is 1.62. The lowest BCUT2D eigenvalue weighted by Crippen LogP contribution is -2.51. The van der Waals surface area contributed by atoms with Gasteiger partial charge in [0, 0.05) is 43.0 Å². The molecule has 30 heavy (non-hydrogen) atoms. The van der Waals surface area contributed by atoms with Crippen molar-refractivity contribution in [3.05, 3.63) is 53.6 Å². The lowest BCUT2D eigenvalue weighted by molar-refractivity contribution is -0.139. The summed E-state index contributed by atoms with van der Waals surface area (Å²) in [4.78, 5) is 29.3. The first-order valence-electron chi connectivity index (χ1n) is 10.3. The van der Waals surface area contributed by atoms with Crippen molar-refractivity contribution in [2.75, 3.05) is 43.5 Å². The molecule has 0 bridgehead atoms. The first-order valence-corrected chi connectivity index (χ1v) is 10.3. The number of piperazine rings is 1. The van der Waals surface area contributed by atoms with E-state index in [1.54, 1.807) is 13.2 Å². The monoisotopic (exact) mass is 409 g/mol. The van der Waals surface area contributed by atoms with Gasteiger partial charge in [0.15, 0.2) is 0 Å². The number of anilines is 2. The first-order chi connectivity index (χ1) is 14.2. The lowest BCUT2D eigenvalue weighted by Gasteiger charge is -2.38. The molecule has 6 heteroatoms. The van der Waals surface area contributed by atoms with Crippen molar-refractivity contribution in [3.8, 4) is 5.75 Å². The summed E-state index contributed by atoms with van der Waals surface area (Å²) in [6.07, 6.45) is 0. The van der Waals surface area contributed by atoms with Crippen LogP contribution in [-0.4, -0.2) is 50.0 Å². The fourth-order valence-electron chi connectivity index (χ4n) is 3.70. The second-order valence-corrected chi connectivity index (χ2v) is 8.69. The Morgan fingerprint density at radius 3 is 2.17 bits per heavy atom. The van der Waals surface area contributed by atoms with Gasteiger partial charge in [-0.2, -0.15) is 0 Å². The molecule has 3 rings (SSSR count). The minimum atomic E-state index is -0.345. The van der Waals surface area contributed by atoms with Crippen molar-refractivity contribution in [2.24, 2.45) is 5.41 Å². The Hall–Kier alpha value is -3.02. The molecule has 1 aliphatic rings. The normalized spacial score (nSPS) is 14.4. The fraction of sp³-hybridized carbons (Fsp3) is 0.417. The highest BCUT2D eigenvalue weighted by Gasteiger charge is 2.29. The van der Waals surface area contributed by atoms with Gasteiger partial charge in [-0.3, -0.25) is 9.59 Å². The zero-order valence-electron chi connectivity index (χ0n) is 18.5. The van der Waals surface area contributed by atoms with Gasteiger partial charge in [-0.25, -0.2) is 0 Å². The van der Waals surface area contributed by atoms with Crippen molar-refractivity contribution in [1.29, 1.82) is 0 Å². The number of ether oxygens (including phenoxy) is 1. The van der Waals surface area contributed by atoms with E-state index in [2.05, 4.69) is 10.2 Å². The van der Waals surface area contributed by atoms with E-state index in [0.29, 0.717) is 11.3 Å². The Morgan fingerprint density at radius 2 is 1.60 bits per heavy atom. The molecule has 1 fully saturated rings. The van der Waals surface area contributed by atoms with Crippen LogP contribution in [0.5, 0.6) is 5.75 Å². The maximum absolute atomic E-state index is 12.7. The number of amides is 2. The largest absolute Gasteiger partial charge is 0.496 e. The van der Waals surface area contributed by atoms with Gasteiger partial charge in [0.05, 0.1) is 12.7 Å². The van der Waals surface area contributed by atoms with Crippen LogP contribution < -0.4 is 15.0 Å². The second-order valence-electron chi connectivity index (χ2n) is 8.69. The van der Waals surface area contributed by atoms with Crippen molar-refractivity contribution < 1.29 is 14.3 Å². The highest BCUT2D eigenvalue weighted by Crippen LogP contribution is 2.25. The Morgan fingerprint density at radius 1 is 0.967 bits per heavy atom. The zero-order chi connectivity index (χ0) is 21.9. The molecule has 0 atom stereocenters. The number of carbonyl (C=O) groups is 2. The van der Waals surface area contributed by atoms with Gasteiger partial charge < -0.3 is 19.9 Å². The van der Waals surface area contributed by atoms with Crippen LogP contribution >= 0.6 is 0 Å². The third kappa shape index (κ3) is 4.75. The minimum absolute atomic E-state index is 0.197. The van der Waals surface area contributed by atoms with Gasteiger partial charge in [0.1, 0.15) is 5.75 Å². The molecule has 0 aliphatic carbocycles. The topological polar surface area (TPSA) is 61.9 Å². The van der Waals surface area contributed by atoms with Crippen LogP contribution in [0.2, 0.25) is 0 Å². The number of hydrogen-bond donors (Lipinski definition) is 1. The van der Waals surface area contributed by atoms with E-state index in [9.17, 15) is 9.59 Å². The second kappa shape index (κ2) is 8.78. The van der Waals surface area contributed by atoms with E-state index in [0.717, 1.165) is 43.1 Å². The number of hydrogen-bond acceptors (Lipinski definition) is 4. The average molecular weight is 410 g/mol. The zero-order valence-corrected chi connectivity index (χ0v) is 18.5. The predicted octanol–water partition coefficient (Wildman–Crippen LogP) is 3.95. The lowest BCUT2D eigenvalue weighted by atomic mass is 9.94. The van der Waals surface area contributed by atoms with Crippen LogP contribution in [0.15, 0.2) is 42.5 Å². The van der Waals surface area contributed by atoms with Crippen LogP contribution in [0.3, 0.4) is 0 Å². The van der Waals surface area contributed by atoms with E-state index < -0.39 is 0 Å². The van der Waals surface area contributed by atoms with Gasteiger partial charge in [-0.15, -0.1) is 0 Å². The van der Waals surface area contributed by atoms with Crippen LogP contribution in [0.1, 0.15) is 36.7 Å². The number of rotatable bonds is 4. The molecule has 0 unspecified atom stereocenters. The molecule has 160 valence electrons. The Bertz CT molecular complexity index is 908. The molecular formula is C24H31N3O3. The van der Waals surface area contributed by atoms with Crippen molar-refractivity contribution >= 4 is 23.2 Å². The summed E-state index contributed by atoms with van der Waals surface area (Å²) in [5.74, 6) is 0.596. The molecule has 0 aromatic heterocycles. The maximum atomic E-state index is 12.7. The number of para-hydroxylation sites is 1. The van der Waals surface area contributed by atoms with Gasteiger partial charge in [-0.1, -0.05) is 32.9 Å². The summed E-state index contributed by atoms with van der Waals surface area (Å²) in [6.45, 7) is 10.8. The summed E-state index contributed by atoms with van der Waals surface area (Å²) in [6, 6.07) is 13.3. The predicted molar refractivity (Wildman–Crippen MR) is 120 cm³/mol. The number of nitrogens with one attached hydrogen (secondary N) is 1. The number of aryl methyl sites for hydroxylation is 1. The molecule has 0 saturated carbocycles. The molecule has 2 amide bonds. The number of carbonyl (C=O) groups excluding carboxylic acids is 2. The highest BCUT2D eigenvalue weighted by molar-refractivity contribution is 6.06. The molecule has 1 saturated heterocycles. The number of methoxy groups -OCH3 is 1. The SMILES string of the molecule is COc1c(C)cccc1C(=O)Nc1ccc(N2CCN(C(=O)C(C)(C)C)CC2)cc1. The molecule has 1 heterocycles. The van der Waals surface area contributed by atoms with Crippen molar-refractivity contribution in [3.63, 3.8) is 0 Å². The summed E-state index contributed by atoms with van der Waals surface area (Å²) < 4.78 is 5.38. The summed E-state index contributed by atoms with van der Waals surface area (Å²) >= 11 is 0. The van der Waals surface area contributed by atoms with Gasteiger partial charge in [-0.05, 0) is 42.8 Å². The minimum Gasteiger partial charge on any atom is -0.496 e. The van der Waals surface area contributed by atoms with Crippen molar-refractivity contribution in [2.45, 2.75) is 27.7 Å². The van der Waals surface area contributed by atoms with Crippen LogP contribution in [-0.2, 0) is 4.79 Å². The molecular weight excluding hydrogens is 378 g/mol. The Kier molecular flexibility index (Phi) is 6.34. The van der Waals surface area contributed by atoms with Gasteiger partial charge >= 0.3 is 0 Å². The third-order valence-electron chi connectivity index (χ3n) is 5.36. The molecule has 6 nitrogen and oxygen atoms in total. The van der Waals surface area contributed by atoms with Crippen LogP contribution in [0, 0.1) is 12.3 Å². The van der Waals surface area contributed by atoms with E-state index in [4.69, 9.17) is 4.74 Å². The smallest absolute Gasteiger partial charge is 0.259 e. The van der Waals surface area contributed by atoms with Crippen molar-refractivity contribution in [1.82, 2.24) is 4.90 Å². The van der Waals surface area contributed by atoms with Crippen LogP contribution in [0.25, 0.3) is 0 Å². The quantitative estimate of drug-likeness (QED) is 0.831. The standard InChI is InChI=1S/C24H31N3O3/c1-17-7-6-8-20(21(17)30-5)22(28)25-18-9-11-19(12-10-18)26-13-15-27(16-14-26)23(29)24(2,3)4/h6-12H,13-16H2,1-5H3,(H,25,28). The number of nitrogens with zero attached hydrogens (tertiary/aromatic N) is 2. The van der Waals surface area contributed by atoms with Gasteiger partial charge in [0.25, 0.3) is 5.91 Å². The molecule has 2 aromatic carbocycles. The molecule has 1 aliphatic heterocycles. The highest BCUT2D eigenvalue weighted by atomic mass is 16.5. The molecule has 1 N–H and O–H groups in total. The van der Waals surface area contributed by atoms with E-state index in [1.165, 1.54) is 0 Å². The van der Waals surface area contributed by atoms with E-state index >= 15 is 0 Å².